The van der Waals surface area contributed by atoms with Crippen molar-refractivity contribution < 1.29 is 12.9 Å². The fraction of sp³-hybridized carbons (Fsp3) is 0.429. The molecule has 1 atom stereocenters. The number of aromatic nitrogens is 2. The van der Waals surface area contributed by atoms with Gasteiger partial charge in [0.25, 0.3) is 0 Å². The van der Waals surface area contributed by atoms with Gasteiger partial charge >= 0.3 is 0 Å². The zero-order chi connectivity index (χ0) is 15.7. The van der Waals surface area contributed by atoms with Crippen molar-refractivity contribution in [1.29, 1.82) is 0 Å². The van der Waals surface area contributed by atoms with Crippen molar-refractivity contribution >= 4 is 21.4 Å². The highest BCUT2D eigenvalue weighted by atomic mass is 35.5. The van der Waals surface area contributed by atoms with Crippen LogP contribution in [0, 0.1) is 0 Å². The molecule has 0 N–H and O–H groups in total. The highest BCUT2D eigenvalue weighted by molar-refractivity contribution is 7.91. The zero-order valence-electron chi connectivity index (χ0n) is 12.1. The van der Waals surface area contributed by atoms with Crippen LogP contribution in [-0.2, 0) is 16.4 Å². The van der Waals surface area contributed by atoms with Crippen LogP contribution in [-0.4, -0.2) is 48.1 Å². The SMILES string of the molecule is CN(Cc1nc(-c2cccc(Cl)c2)no1)C1CCS(=O)(=O)C1. The highest BCUT2D eigenvalue weighted by Crippen LogP contribution is 2.21. The lowest BCUT2D eigenvalue weighted by atomic mass is 10.2. The van der Waals surface area contributed by atoms with Gasteiger partial charge in [-0.25, -0.2) is 8.42 Å². The third-order valence-corrected chi connectivity index (χ3v) is 5.75. The van der Waals surface area contributed by atoms with Gasteiger partial charge in [0.15, 0.2) is 9.84 Å². The Hall–Kier alpha value is -1.44. The summed E-state index contributed by atoms with van der Waals surface area (Å²) in [6.07, 6.45) is 0.647. The van der Waals surface area contributed by atoms with E-state index in [4.69, 9.17) is 16.1 Å². The molecule has 0 spiro atoms. The van der Waals surface area contributed by atoms with Crippen LogP contribution in [0.25, 0.3) is 11.4 Å². The molecule has 1 aromatic heterocycles. The number of benzene rings is 1. The van der Waals surface area contributed by atoms with Gasteiger partial charge in [0, 0.05) is 16.6 Å². The maximum atomic E-state index is 11.5. The third kappa shape index (κ3) is 3.48. The second kappa shape index (κ2) is 5.98. The average molecular weight is 342 g/mol. The van der Waals surface area contributed by atoms with E-state index in [9.17, 15) is 8.42 Å². The molecule has 0 bridgehead atoms. The van der Waals surface area contributed by atoms with Gasteiger partial charge in [-0.15, -0.1) is 0 Å². The number of nitrogens with zero attached hydrogens (tertiary/aromatic N) is 3. The quantitative estimate of drug-likeness (QED) is 0.846. The second-order valence-electron chi connectivity index (χ2n) is 5.49. The molecule has 1 unspecified atom stereocenters. The van der Waals surface area contributed by atoms with Gasteiger partial charge < -0.3 is 4.52 Å². The summed E-state index contributed by atoms with van der Waals surface area (Å²) in [6, 6.07) is 7.23. The molecule has 2 heterocycles. The Bertz CT molecular complexity index is 775. The van der Waals surface area contributed by atoms with Gasteiger partial charge in [-0.1, -0.05) is 28.9 Å². The molecule has 2 aromatic rings. The van der Waals surface area contributed by atoms with Crippen molar-refractivity contribution in [3.8, 4) is 11.4 Å². The number of halogens is 1. The summed E-state index contributed by atoms with van der Waals surface area (Å²) in [5.74, 6) is 1.38. The lowest BCUT2D eigenvalue weighted by Gasteiger charge is -2.20. The Balaban J connectivity index is 1.69. The van der Waals surface area contributed by atoms with Gasteiger partial charge in [-0.2, -0.15) is 4.98 Å². The average Bonchev–Trinajstić information content (AvgIpc) is 3.05. The van der Waals surface area contributed by atoms with E-state index in [1.54, 1.807) is 12.1 Å². The predicted molar refractivity (Wildman–Crippen MR) is 83.3 cm³/mol. The minimum Gasteiger partial charge on any atom is -0.338 e. The maximum Gasteiger partial charge on any atom is 0.241 e. The molecule has 22 heavy (non-hydrogen) atoms. The van der Waals surface area contributed by atoms with Crippen molar-refractivity contribution in [2.75, 3.05) is 18.6 Å². The normalized spacial score (nSPS) is 20.6. The molecule has 1 aromatic carbocycles. The fourth-order valence-electron chi connectivity index (χ4n) is 2.53. The highest BCUT2D eigenvalue weighted by Gasteiger charge is 2.31. The maximum absolute atomic E-state index is 11.5. The van der Waals surface area contributed by atoms with E-state index in [1.165, 1.54) is 0 Å². The molecular formula is C14H16ClN3O3S. The van der Waals surface area contributed by atoms with E-state index in [0.29, 0.717) is 29.7 Å². The van der Waals surface area contributed by atoms with Crippen LogP contribution in [0.2, 0.25) is 5.02 Å². The predicted octanol–water partition coefficient (Wildman–Crippen LogP) is 2.01. The molecule has 6 nitrogen and oxygen atoms in total. The first-order valence-electron chi connectivity index (χ1n) is 6.92. The first-order chi connectivity index (χ1) is 10.4. The van der Waals surface area contributed by atoms with Crippen LogP contribution >= 0.6 is 11.6 Å². The van der Waals surface area contributed by atoms with E-state index < -0.39 is 9.84 Å². The van der Waals surface area contributed by atoms with Crippen molar-refractivity contribution in [3.63, 3.8) is 0 Å². The largest absolute Gasteiger partial charge is 0.338 e. The van der Waals surface area contributed by atoms with Gasteiger partial charge in [0.05, 0.1) is 18.1 Å². The van der Waals surface area contributed by atoms with Gasteiger partial charge in [-0.05, 0) is 25.6 Å². The monoisotopic (exact) mass is 341 g/mol. The standard InChI is InChI=1S/C14H16ClN3O3S/c1-18(12-5-6-22(19,20)9-12)8-13-16-14(17-21-13)10-3-2-4-11(15)7-10/h2-4,7,12H,5-6,8-9H2,1H3. The van der Waals surface area contributed by atoms with Crippen molar-refractivity contribution in [2.24, 2.45) is 0 Å². The summed E-state index contributed by atoms with van der Waals surface area (Å²) in [5, 5.41) is 4.55. The van der Waals surface area contributed by atoms with E-state index in [0.717, 1.165) is 5.56 Å². The summed E-state index contributed by atoms with van der Waals surface area (Å²) in [6.45, 7) is 0.424. The minimum absolute atomic E-state index is 0.00604. The lowest BCUT2D eigenvalue weighted by Crippen LogP contribution is -2.32. The van der Waals surface area contributed by atoms with Crippen LogP contribution in [0.3, 0.4) is 0 Å². The first kappa shape index (κ1) is 15.5. The minimum atomic E-state index is -2.90. The van der Waals surface area contributed by atoms with Crippen LogP contribution < -0.4 is 0 Å². The van der Waals surface area contributed by atoms with E-state index in [1.807, 2.05) is 24.1 Å². The summed E-state index contributed by atoms with van der Waals surface area (Å²) >= 11 is 5.95. The van der Waals surface area contributed by atoms with Crippen molar-refractivity contribution in [1.82, 2.24) is 15.0 Å². The topological polar surface area (TPSA) is 76.3 Å². The number of rotatable bonds is 4. The van der Waals surface area contributed by atoms with Gasteiger partial charge in [0.2, 0.25) is 11.7 Å². The van der Waals surface area contributed by atoms with Gasteiger partial charge in [0.1, 0.15) is 0 Å². The molecule has 118 valence electrons. The zero-order valence-corrected chi connectivity index (χ0v) is 13.6. The molecule has 0 saturated carbocycles. The van der Waals surface area contributed by atoms with Crippen LogP contribution in [0.15, 0.2) is 28.8 Å². The summed E-state index contributed by atoms with van der Waals surface area (Å²) in [4.78, 5) is 6.29. The molecule has 1 aliphatic rings. The Morgan fingerprint density at radius 1 is 1.45 bits per heavy atom. The van der Waals surface area contributed by atoms with Crippen molar-refractivity contribution in [3.05, 3.63) is 35.2 Å². The Labute approximate surface area is 134 Å². The Kier molecular flexibility index (Phi) is 4.20. The number of hydrogen-bond donors (Lipinski definition) is 0. The molecule has 1 fully saturated rings. The van der Waals surface area contributed by atoms with Crippen LogP contribution in [0.5, 0.6) is 0 Å². The lowest BCUT2D eigenvalue weighted by molar-refractivity contribution is 0.218. The smallest absolute Gasteiger partial charge is 0.241 e. The van der Waals surface area contributed by atoms with E-state index >= 15 is 0 Å². The van der Waals surface area contributed by atoms with Crippen LogP contribution in [0.4, 0.5) is 0 Å². The Morgan fingerprint density at radius 2 is 2.27 bits per heavy atom. The molecule has 8 heteroatoms. The third-order valence-electron chi connectivity index (χ3n) is 3.77. The molecule has 1 saturated heterocycles. The molecule has 3 rings (SSSR count). The van der Waals surface area contributed by atoms with E-state index in [2.05, 4.69) is 10.1 Å². The first-order valence-corrected chi connectivity index (χ1v) is 9.12. The summed E-state index contributed by atoms with van der Waals surface area (Å²) in [5.41, 5.74) is 0.786. The number of hydrogen-bond acceptors (Lipinski definition) is 6. The number of sulfone groups is 1. The van der Waals surface area contributed by atoms with Crippen LogP contribution in [0.1, 0.15) is 12.3 Å². The molecule has 0 amide bonds. The summed E-state index contributed by atoms with van der Waals surface area (Å²) in [7, 11) is -1.03. The molecule has 0 radical (unpaired) electrons. The summed E-state index contributed by atoms with van der Waals surface area (Å²) < 4.78 is 28.3. The van der Waals surface area contributed by atoms with Gasteiger partial charge in [-0.3, -0.25) is 4.90 Å². The molecule has 1 aliphatic heterocycles. The van der Waals surface area contributed by atoms with Crippen molar-refractivity contribution in [2.45, 2.75) is 19.0 Å². The molecular weight excluding hydrogens is 326 g/mol. The fourth-order valence-corrected chi connectivity index (χ4v) is 4.52. The second-order valence-corrected chi connectivity index (χ2v) is 8.16. The Morgan fingerprint density at radius 3 is 2.95 bits per heavy atom. The van der Waals surface area contributed by atoms with E-state index in [-0.39, 0.29) is 17.5 Å². The molecule has 0 aliphatic carbocycles.